The normalized spacial score (nSPS) is 28.4. The summed E-state index contributed by atoms with van der Waals surface area (Å²) >= 11 is 0. The van der Waals surface area contributed by atoms with Crippen molar-refractivity contribution in [2.24, 2.45) is 5.73 Å². The molecule has 2 heteroatoms. The van der Waals surface area contributed by atoms with Crippen LogP contribution >= 0.6 is 0 Å². The van der Waals surface area contributed by atoms with Crippen molar-refractivity contribution < 1.29 is 0 Å². The Morgan fingerprint density at radius 2 is 2.00 bits per heavy atom. The summed E-state index contributed by atoms with van der Waals surface area (Å²) in [5.74, 6) is 0. The third kappa shape index (κ3) is 3.88. The number of aryl methyl sites for hydroxylation is 1. The predicted molar refractivity (Wildman–Crippen MR) is 93.7 cm³/mol. The van der Waals surface area contributed by atoms with Crippen molar-refractivity contribution >= 4 is 0 Å². The van der Waals surface area contributed by atoms with Crippen molar-refractivity contribution in [3.63, 3.8) is 0 Å². The monoisotopic (exact) mass is 296 g/mol. The largest absolute Gasteiger partial charge is 0.313 e. The van der Waals surface area contributed by atoms with Crippen molar-refractivity contribution in [3.05, 3.63) is 58.7 Å². The van der Waals surface area contributed by atoms with E-state index in [9.17, 15) is 0 Å². The Labute approximate surface area is 134 Å². The lowest BCUT2D eigenvalue weighted by Gasteiger charge is -2.28. The van der Waals surface area contributed by atoms with Crippen LogP contribution in [-0.2, 0) is 6.42 Å². The third-order valence-electron chi connectivity index (χ3n) is 4.94. The molecular weight excluding hydrogens is 268 g/mol. The van der Waals surface area contributed by atoms with Gasteiger partial charge in [0.15, 0.2) is 0 Å². The van der Waals surface area contributed by atoms with Gasteiger partial charge in [-0.1, -0.05) is 53.1 Å². The molecule has 0 radical (unpaired) electrons. The molecule has 22 heavy (non-hydrogen) atoms. The van der Waals surface area contributed by atoms with Crippen LogP contribution in [0.2, 0.25) is 0 Å². The molecule has 0 aromatic heterocycles. The molecular formula is C20H28N2. The molecule has 1 aromatic rings. The minimum absolute atomic E-state index is 0.210. The second-order valence-electron chi connectivity index (χ2n) is 7.19. The Hall–Kier alpha value is -1.38. The first-order chi connectivity index (χ1) is 10.5. The van der Waals surface area contributed by atoms with Crippen LogP contribution in [0.1, 0.15) is 50.2 Å². The zero-order chi connectivity index (χ0) is 15.6. The maximum absolute atomic E-state index is 6.63. The zero-order valence-electron chi connectivity index (χ0n) is 13.9. The highest BCUT2D eigenvalue weighted by molar-refractivity contribution is 5.28. The second-order valence-corrected chi connectivity index (χ2v) is 7.19. The number of nitrogens with one attached hydrogen (secondary N) is 1. The Kier molecular flexibility index (Phi) is 4.51. The van der Waals surface area contributed by atoms with E-state index < -0.39 is 0 Å². The van der Waals surface area contributed by atoms with E-state index in [0.29, 0.717) is 6.04 Å². The van der Waals surface area contributed by atoms with Gasteiger partial charge < -0.3 is 5.73 Å². The van der Waals surface area contributed by atoms with Gasteiger partial charge >= 0.3 is 0 Å². The molecule has 118 valence electrons. The maximum Gasteiger partial charge on any atom is 0.0702 e. The molecule has 1 heterocycles. The first-order valence-electron chi connectivity index (χ1n) is 8.51. The van der Waals surface area contributed by atoms with Gasteiger partial charge in [-0.15, -0.1) is 0 Å². The Morgan fingerprint density at radius 3 is 2.73 bits per heavy atom. The van der Waals surface area contributed by atoms with Crippen LogP contribution < -0.4 is 11.1 Å². The summed E-state index contributed by atoms with van der Waals surface area (Å²) < 4.78 is 0. The fourth-order valence-electron chi connectivity index (χ4n) is 3.77. The molecule has 1 saturated heterocycles. The average molecular weight is 296 g/mol. The smallest absolute Gasteiger partial charge is 0.0702 e. The van der Waals surface area contributed by atoms with Crippen molar-refractivity contribution in [3.8, 4) is 0 Å². The molecule has 2 aliphatic rings. The molecule has 2 unspecified atom stereocenters. The van der Waals surface area contributed by atoms with Crippen molar-refractivity contribution in [2.75, 3.05) is 0 Å². The van der Waals surface area contributed by atoms with Gasteiger partial charge in [0.25, 0.3) is 0 Å². The molecule has 3 rings (SSSR count). The number of rotatable bonds is 4. The number of hydrogen-bond donors (Lipinski definition) is 2. The van der Waals surface area contributed by atoms with E-state index in [-0.39, 0.29) is 5.66 Å². The average Bonchev–Trinajstić information content (AvgIpc) is 2.82. The minimum Gasteiger partial charge on any atom is -0.313 e. The van der Waals surface area contributed by atoms with Gasteiger partial charge in [0.05, 0.1) is 5.66 Å². The topological polar surface area (TPSA) is 38.0 Å². The Morgan fingerprint density at radius 1 is 1.23 bits per heavy atom. The number of hydrogen-bond acceptors (Lipinski definition) is 2. The van der Waals surface area contributed by atoms with Gasteiger partial charge in [-0.3, -0.25) is 5.32 Å². The summed E-state index contributed by atoms with van der Waals surface area (Å²) in [7, 11) is 0. The van der Waals surface area contributed by atoms with Gasteiger partial charge in [0, 0.05) is 6.04 Å². The van der Waals surface area contributed by atoms with Crippen LogP contribution in [0.3, 0.4) is 0 Å². The molecule has 2 atom stereocenters. The minimum atomic E-state index is -0.210. The quantitative estimate of drug-likeness (QED) is 0.881. The van der Waals surface area contributed by atoms with Crippen LogP contribution in [-0.4, -0.2) is 11.7 Å². The summed E-state index contributed by atoms with van der Waals surface area (Å²) in [5.41, 5.74) is 12.0. The number of nitrogens with two attached hydrogens (primary N) is 1. The lowest BCUT2D eigenvalue weighted by molar-refractivity contribution is 0.361. The van der Waals surface area contributed by atoms with Gasteiger partial charge in [-0.25, -0.2) is 0 Å². The van der Waals surface area contributed by atoms with Gasteiger partial charge in [0.1, 0.15) is 0 Å². The van der Waals surface area contributed by atoms with Gasteiger partial charge in [-0.05, 0) is 57.9 Å². The third-order valence-corrected chi connectivity index (χ3v) is 4.94. The highest BCUT2D eigenvalue weighted by Gasteiger charge is 2.35. The highest BCUT2D eigenvalue weighted by Crippen LogP contribution is 2.30. The van der Waals surface area contributed by atoms with Crippen LogP contribution in [0.15, 0.2) is 47.6 Å². The molecule has 1 aliphatic heterocycles. The van der Waals surface area contributed by atoms with E-state index in [2.05, 4.69) is 55.6 Å². The molecule has 1 aromatic carbocycles. The van der Waals surface area contributed by atoms with Crippen LogP contribution in [0, 0.1) is 6.92 Å². The lowest BCUT2D eigenvalue weighted by atomic mass is 9.91. The first-order valence-corrected chi connectivity index (χ1v) is 8.51. The van der Waals surface area contributed by atoms with E-state index in [1.54, 1.807) is 0 Å². The van der Waals surface area contributed by atoms with E-state index >= 15 is 0 Å². The van der Waals surface area contributed by atoms with E-state index in [4.69, 9.17) is 5.73 Å². The summed E-state index contributed by atoms with van der Waals surface area (Å²) in [6.45, 7) is 4.32. The molecule has 0 bridgehead atoms. The van der Waals surface area contributed by atoms with Crippen LogP contribution in [0.5, 0.6) is 0 Å². The standard InChI is InChI=1S/C20H28N2/c1-15-6-8-17(9-7-15)13-19-10-11-20(21,22-19)14-18-5-3-4-16(2)12-18/h4,6-9,12,19,22H,3,5,10-11,13-14,21H2,1-2H3. The van der Waals surface area contributed by atoms with Gasteiger partial charge in [0.2, 0.25) is 0 Å². The summed E-state index contributed by atoms with van der Waals surface area (Å²) in [6.07, 6.45) is 11.3. The Bertz CT molecular complexity index is 582. The first kappa shape index (κ1) is 15.5. The molecule has 3 N–H and O–H groups in total. The number of benzene rings is 1. The molecule has 0 spiro atoms. The predicted octanol–water partition coefficient (Wildman–Crippen LogP) is 4.00. The molecule has 1 aliphatic carbocycles. The zero-order valence-corrected chi connectivity index (χ0v) is 13.9. The summed E-state index contributed by atoms with van der Waals surface area (Å²) in [6, 6.07) is 9.38. The summed E-state index contributed by atoms with van der Waals surface area (Å²) in [4.78, 5) is 0. The van der Waals surface area contributed by atoms with Crippen molar-refractivity contribution in [1.82, 2.24) is 5.32 Å². The lowest BCUT2D eigenvalue weighted by Crippen LogP contribution is -2.51. The van der Waals surface area contributed by atoms with Gasteiger partial charge in [-0.2, -0.15) is 0 Å². The summed E-state index contributed by atoms with van der Waals surface area (Å²) in [5, 5.41) is 3.71. The van der Waals surface area contributed by atoms with Crippen molar-refractivity contribution in [2.45, 2.75) is 64.1 Å². The highest BCUT2D eigenvalue weighted by atomic mass is 15.1. The van der Waals surface area contributed by atoms with E-state index in [1.807, 2.05) is 0 Å². The van der Waals surface area contributed by atoms with Crippen LogP contribution in [0.25, 0.3) is 0 Å². The molecule has 2 nitrogen and oxygen atoms in total. The fraction of sp³-hybridized carbons (Fsp3) is 0.500. The SMILES string of the molecule is CC1=CCCC(CC2(N)CCC(Cc3ccc(C)cc3)N2)=C1. The second kappa shape index (κ2) is 6.39. The van der Waals surface area contributed by atoms with E-state index in [1.165, 1.54) is 41.5 Å². The van der Waals surface area contributed by atoms with Crippen molar-refractivity contribution in [1.29, 1.82) is 0 Å². The Balaban J connectivity index is 1.59. The molecule has 0 amide bonds. The molecule has 1 fully saturated rings. The van der Waals surface area contributed by atoms with E-state index in [0.717, 1.165) is 19.3 Å². The maximum atomic E-state index is 6.63. The van der Waals surface area contributed by atoms with Crippen LogP contribution in [0.4, 0.5) is 0 Å². The fourth-order valence-corrected chi connectivity index (χ4v) is 3.77. The molecule has 0 saturated carbocycles. The number of allylic oxidation sites excluding steroid dienone is 3.